The van der Waals surface area contributed by atoms with E-state index in [2.05, 4.69) is 104 Å². The number of hydrogen-bond donors (Lipinski definition) is 3. The molecule has 0 fully saturated rings. The van der Waals surface area contributed by atoms with Gasteiger partial charge < -0.3 is 20.1 Å². The van der Waals surface area contributed by atoms with Crippen LogP contribution in [0.3, 0.4) is 0 Å². The predicted molar refractivity (Wildman–Crippen MR) is 219 cm³/mol. The Labute approximate surface area is 322 Å². The van der Waals surface area contributed by atoms with Crippen molar-refractivity contribution in [3.05, 3.63) is 85.1 Å². The molecular weight excluding hydrogens is 689 g/mol. The van der Waals surface area contributed by atoms with E-state index in [1.807, 2.05) is 0 Å². The molecule has 53 heavy (non-hydrogen) atoms. The van der Waals surface area contributed by atoms with E-state index in [9.17, 15) is 24.2 Å². The molecule has 1 amide bonds. The van der Waals surface area contributed by atoms with Gasteiger partial charge in [0.1, 0.15) is 12.7 Å². The number of aliphatic hydroxyl groups excluding tert-OH is 1. The van der Waals surface area contributed by atoms with Crippen molar-refractivity contribution in [3.63, 3.8) is 0 Å². The van der Waals surface area contributed by atoms with Crippen LogP contribution in [0.15, 0.2) is 85.1 Å². The third-order valence-electron chi connectivity index (χ3n) is 7.81. The molecule has 0 saturated carbocycles. The summed E-state index contributed by atoms with van der Waals surface area (Å²) in [6, 6.07) is 0. The monoisotopic (exact) mass is 761 g/mol. The molecule has 2 atom stereocenters. The van der Waals surface area contributed by atoms with Crippen molar-refractivity contribution in [2.24, 2.45) is 0 Å². The maximum absolute atomic E-state index is 12.1. The summed E-state index contributed by atoms with van der Waals surface area (Å²) in [5.41, 5.74) is 0. The number of phosphoric acid groups is 1. The molecule has 9 nitrogen and oxygen atoms in total. The van der Waals surface area contributed by atoms with Crippen molar-refractivity contribution in [2.75, 3.05) is 26.4 Å². The molecule has 0 bridgehead atoms. The highest BCUT2D eigenvalue weighted by molar-refractivity contribution is 7.47. The molecule has 0 aromatic carbocycles. The first-order valence-corrected chi connectivity index (χ1v) is 21.6. The summed E-state index contributed by atoms with van der Waals surface area (Å²) in [4.78, 5) is 33.8. The largest absolute Gasteiger partial charge is 0.472 e. The van der Waals surface area contributed by atoms with Gasteiger partial charge in [-0.05, 0) is 83.5 Å². The zero-order valence-corrected chi connectivity index (χ0v) is 33.8. The smallest absolute Gasteiger partial charge is 0.463 e. The molecule has 302 valence electrons. The van der Waals surface area contributed by atoms with Gasteiger partial charge in [-0.2, -0.15) is 0 Å². The van der Waals surface area contributed by atoms with E-state index in [1.165, 1.54) is 19.3 Å². The van der Waals surface area contributed by atoms with E-state index in [4.69, 9.17) is 13.8 Å². The third kappa shape index (κ3) is 40.2. The molecule has 0 aliphatic heterocycles. The van der Waals surface area contributed by atoms with Crippen molar-refractivity contribution in [1.29, 1.82) is 0 Å². The minimum atomic E-state index is -4.43. The average Bonchev–Trinajstić information content (AvgIpc) is 3.14. The lowest BCUT2D eigenvalue weighted by Crippen LogP contribution is -2.27. The number of aliphatic hydroxyl groups is 1. The van der Waals surface area contributed by atoms with Crippen LogP contribution in [-0.2, 0) is 27.9 Å². The Hall–Kier alpha value is -2.81. The number of allylic oxidation sites excluding steroid dienone is 14. The zero-order chi connectivity index (χ0) is 38.9. The lowest BCUT2D eigenvalue weighted by molar-refractivity contribution is -0.147. The van der Waals surface area contributed by atoms with Gasteiger partial charge in [0.2, 0.25) is 5.91 Å². The summed E-state index contributed by atoms with van der Waals surface area (Å²) in [6.45, 7) is 3.31. The molecular formula is C43H72NO8P. The standard InChI is InChI=1S/C43H72NO8P/c1-3-5-7-9-11-13-15-16-17-18-19-20-21-22-23-24-26-28-30-32-34-36-43(47)50-39-41(45)40-52-53(48,49)51-38-37-44-42(46)35-33-31-29-27-25-14-12-10-8-6-4-2/h5,7,10-13,16-17,19-20,22-23,26,28,41,45H,3-4,6,8-9,14-15,18,21,24-25,27,29-40H2,1-2H3,(H,44,46)(H,48,49)/b7-5-,12-10-,13-11-,17-16-,20-19-,23-22-,28-26-. The Morgan fingerprint density at radius 1 is 0.604 bits per heavy atom. The Balaban J connectivity index is 3.74. The van der Waals surface area contributed by atoms with Crippen LogP contribution in [-0.4, -0.2) is 54.3 Å². The number of rotatable bonds is 36. The molecule has 0 spiro atoms. The summed E-state index contributed by atoms with van der Waals surface area (Å²) >= 11 is 0. The van der Waals surface area contributed by atoms with Crippen molar-refractivity contribution >= 4 is 19.7 Å². The predicted octanol–water partition coefficient (Wildman–Crippen LogP) is 10.9. The van der Waals surface area contributed by atoms with Gasteiger partial charge in [-0.1, -0.05) is 131 Å². The summed E-state index contributed by atoms with van der Waals surface area (Å²) in [7, 11) is -4.43. The lowest BCUT2D eigenvalue weighted by atomic mass is 10.1. The van der Waals surface area contributed by atoms with Crippen LogP contribution in [0.1, 0.15) is 142 Å². The summed E-state index contributed by atoms with van der Waals surface area (Å²) in [6.07, 6.45) is 48.0. The third-order valence-corrected chi connectivity index (χ3v) is 8.79. The number of ether oxygens (including phenoxy) is 1. The molecule has 10 heteroatoms. The van der Waals surface area contributed by atoms with E-state index in [0.29, 0.717) is 12.8 Å². The fraction of sp³-hybridized carbons (Fsp3) is 0.628. The van der Waals surface area contributed by atoms with Gasteiger partial charge in [0.05, 0.1) is 13.2 Å². The van der Waals surface area contributed by atoms with Crippen molar-refractivity contribution < 1.29 is 37.9 Å². The van der Waals surface area contributed by atoms with Gasteiger partial charge in [0.25, 0.3) is 0 Å². The number of carbonyl (C=O) groups is 2. The number of phosphoric ester groups is 1. The normalized spacial score (nSPS) is 14.3. The van der Waals surface area contributed by atoms with Crippen LogP contribution in [0.2, 0.25) is 0 Å². The number of hydrogen-bond acceptors (Lipinski definition) is 7. The SMILES string of the molecule is CC/C=C\C/C=C\C/C=C\C/C=C\C/C=C\C/C=C\CCCCC(=O)OCC(O)COP(=O)(O)OCCNC(=O)CCCCCCC/C=C\CCCC. The van der Waals surface area contributed by atoms with E-state index in [0.717, 1.165) is 89.9 Å². The van der Waals surface area contributed by atoms with Crippen LogP contribution in [0.25, 0.3) is 0 Å². The van der Waals surface area contributed by atoms with E-state index >= 15 is 0 Å². The fourth-order valence-electron chi connectivity index (χ4n) is 4.77. The molecule has 0 aliphatic carbocycles. The van der Waals surface area contributed by atoms with Crippen LogP contribution < -0.4 is 5.32 Å². The van der Waals surface area contributed by atoms with Crippen molar-refractivity contribution in [1.82, 2.24) is 5.32 Å². The topological polar surface area (TPSA) is 131 Å². The molecule has 2 unspecified atom stereocenters. The highest BCUT2D eigenvalue weighted by atomic mass is 31.2. The first-order valence-electron chi connectivity index (χ1n) is 20.1. The van der Waals surface area contributed by atoms with Crippen LogP contribution in [0.5, 0.6) is 0 Å². The number of esters is 1. The summed E-state index contributed by atoms with van der Waals surface area (Å²) < 4.78 is 26.7. The van der Waals surface area contributed by atoms with Crippen LogP contribution in [0.4, 0.5) is 0 Å². The Bertz CT molecular complexity index is 1140. The number of carbonyl (C=O) groups excluding carboxylic acids is 2. The second-order valence-corrected chi connectivity index (χ2v) is 14.3. The van der Waals surface area contributed by atoms with Gasteiger partial charge in [0, 0.05) is 19.4 Å². The lowest BCUT2D eigenvalue weighted by Gasteiger charge is -2.15. The number of nitrogens with one attached hydrogen (secondary N) is 1. The molecule has 0 saturated heterocycles. The highest BCUT2D eigenvalue weighted by Gasteiger charge is 2.23. The Kier molecular flexibility index (Phi) is 36.8. The molecule has 3 N–H and O–H groups in total. The molecule has 0 heterocycles. The summed E-state index contributed by atoms with van der Waals surface area (Å²) in [5.74, 6) is -0.580. The van der Waals surface area contributed by atoms with Crippen LogP contribution in [0, 0.1) is 0 Å². The first-order chi connectivity index (χ1) is 25.8. The first kappa shape index (κ1) is 50.2. The van der Waals surface area contributed by atoms with E-state index < -0.39 is 26.5 Å². The molecule has 0 radical (unpaired) electrons. The van der Waals surface area contributed by atoms with E-state index in [-0.39, 0.29) is 32.1 Å². The Morgan fingerprint density at radius 2 is 1.08 bits per heavy atom. The van der Waals surface area contributed by atoms with Crippen LogP contribution >= 0.6 is 7.82 Å². The number of unbranched alkanes of at least 4 members (excludes halogenated alkanes) is 9. The molecule has 0 rings (SSSR count). The fourth-order valence-corrected chi connectivity index (χ4v) is 5.53. The molecule has 0 aromatic heterocycles. The van der Waals surface area contributed by atoms with Gasteiger partial charge in [-0.15, -0.1) is 0 Å². The highest BCUT2D eigenvalue weighted by Crippen LogP contribution is 2.42. The summed E-state index contributed by atoms with van der Waals surface area (Å²) in [5, 5.41) is 12.6. The van der Waals surface area contributed by atoms with Gasteiger partial charge >= 0.3 is 13.8 Å². The van der Waals surface area contributed by atoms with Gasteiger partial charge in [0.15, 0.2) is 0 Å². The Morgan fingerprint density at radius 3 is 1.66 bits per heavy atom. The molecule has 0 aliphatic rings. The second-order valence-electron chi connectivity index (χ2n) is 12.9. The van der Waals surface area contributed by atoms with Crippen molar-refractivity contribution in [2.45, 2.75) is 148 Å². The van der Waals surface area contributed by atoms with Gasteiger partial charge in [-0.25, -0.2) is 4.57 Å². The number of amides is 1. The molecule has 0 aromatic rings. The average molecular weight is 762 g/mol. The van der Waals surface area contributed by atoms with Gasteiger partial charge in [-0.3, -0.25) is 18.6 Å². The second kappa shape index (κ2) is 38.9. The maximum Gasteiger partial charge on any atom is 0.472 e. The quantitative estimate of drug-likeness (QED) is 0.0249. The van der Waals surface area contributed by atoms with E-state index in [1.54, 1.807) is 0 Å². The van der Waals surface area contributed by atoms with Crippen molar-refractivity contribution in [3.8, 4) is 0 Å². The maximum atomic E-state index is 12.1. The minimum absolute atomic E-state index is 0.0668. The zero-order valence-electron chi connectivity index (χ0n) is 32.9. The minimum Gasteiger partial charge on any atom is -0.463 e.